The van der Waals surface area contributed by atoms with Crippen molar-refractivity contribution in [3.8, 4) is 0 Å². The predicted molar refractivity (Wildman–Crippen MR) is 109 cm³/mol. The van der Waals surface area contributed by atoms with E-state index in [0.29, 0.717) is 29.0 Å². The molecule has 4 nitrogen and oxygen atoms in total. The van der Waals surface area contributed by atoms with Gasteiger partial charge in [0, 0.05) is 17.0 Å². The van der Waals surface area contributed by atoms with Crippen LogP contribution < -0.4 is 5.73 Å². The zero-order valence-corrected chi connectivity index (χ0v) is 16.9. The second kappa shape index (κ2) is 7.64. The monoisotopic (exact) mass is 387 g/mol. The number of aliphatic hydroxyl groups excluding tert-OH is 1. The normalized spacial score (nSPS) is 26.9. The summed E-state index contributed by atoms with van der Waals surface area (Å²) in [6.45, 7) is 4.08. The van der Waals surface area contributed by atoms with E-state index in [1.807, 2.05) is 37.3 Å². The van der Waals surface area contributed by atoms with Crippen LogP contribution in [0.2, 0.25) is 0 Å². The van der Waals surface area contributed by atoms with Crippen molar-refractivity contribution in [3.63, 3.8) is 0 Å². The maximum atomic E-state index is 13.3. The molecule has 0 saturated carbocycles. The lowest BCUT2D eigenvalue weighted by atomic mass is 9.69. The number of hydrogen-bond acceptors (Lipinski definition) is 4. The first kappa shape index (κ1) is 19.9. The number of unbranched alkanes of at least 4 members (excludes halogenated alkanes) is 1. The number of aliphatic hydroxyl groups is 1. The Morgan fingerprint density at radius 2 is 1.85 bits per heavy atom. The van der Waals surface area contributed by atoms with Crippen LogP contribution in [0.3, 0.4) is 0 Å². The highest BCUT2D eigenvalue weighted by atomic mass is 32.2. The first-order valence-corrected chi connectivity index (χ1v) is 11.3. The topological polar surface area (TPSA) is 80.4 Å². The molecule has 0 aromatic heterocycles. The highest BCUT2D eigenvalue weighted by molar-refractivity contribution is 7.91. The van der Waals surface area contributed by atoms with Gasteiger partial charge in [0.1, 0.15) is 0 Å². The molecule has 2 aromatic rings. The van der Waals surface area contributed by atoms with Crippen LogP contribution in [-0.2, 0) is 9.84 Å². The van der Waals surface area contributed by atoms with E-state index in [-0.39, 0.29) is 5.75 Å². The third kappa shape index (κ3) is 3.63. The molecule has 0 saturated heterocycles. The molecular formula is C22H29NO3S. The van der Waals surface area contributed by atoms with Crippen molar-refractivity contribution >= 4 is 15.5 Å². The summed E-state index contributed by atoms with van der Waals surface area (Å²) in [6, 6.07) is 14.6. The van der Waals surface area contributed by atoms with Crippen LogP contribution in [-0.4, -0.2) is 25.4 Å². The molecule has 0 unspecified atom stereocenters. The maximum absolute atomic E-state index is 13.3. The molecule has 3 rings (SSSR count). The number of nitrogen functional groups attached to an aromatic ring is 1. The Bertz CT molecular complexity index is 895. The van der Waals surface area contributed by atoms with E-state index in [4.69, 9.17) is 5.73 Å². The number of nitrogens with two attached hydrogens (primary N) is 1. The maximum Gasteiger partial charge on any atom is 0.179 e. The fourth-order valence-corrected chi connectivity index (χ4v) is 6.67. The molecule has 0 amide bonds. The standard InChI is InChI=1S/C22H29NO3S/c1-3-5-13-22(4-2)15-27(25,26)19-12-11-17(23)14-18(19)20(21(22)24)16-9-7-6-8-10-16/h6-12,14,20-21,24H,3-5,13,15,23H2,1-2H3/t20-,21-,22-/m1/s1. The van der Waals surface area contributed by atoms with E-state index in [9.17, 15) is 13.5 Å². The van der Waals surface area contributed by atoms with E-state index >= 15 is 0 Å². The molecule has 1 aliphatic rings. The largest absolute Gasteiger partial charge is 0.399 e. The SMILES string of the molecule is CCCC[C@]1(CC)CS(=O)(=O)c2ccc(N)cc2[C@@H](c2ccccc2)[C@H]1O. The summed E-state index contributed by atoms with van der Waals surface area (Å²) in [4.78, 5) is 0.302. The van der Waals surface area contributed by atoms with Gasteiger partial charge in [-0.3, -0.25) is 0 Å². The fourth-order valence-electron chi connectivity index (χ4n) is 4.42. The van der Waals surface area contributed by atoms with Crippen LogP contribution in [0.25, 0.3) is 0 Å². The Balaban J connectivity index is 2.28. The Kier molecular flexibility index (Phi) is 5.63. The molecule has 3 N–H and O–H groups in total. The highest BCUT2D eigenvalue weighted by Gasteiger charge is 2.48. The van der Waals surface area contributed by atoms with Crippen molar-refractivity contribution < 1.29 is 13.5 Å². The zero-order valence-electron chi connectivity index (χ0n) is 16.1. The molecule has 5 heteroatoms. The second-order valence-corrected chi connectivity index (χ2v) is 9.67. The van der Waals surface area contributed by atoms with Gasteiger partial charge in [-0.05, 0) is 42.2 Å². The smallest absolute Gasteiger partial charge is 0.179 e. The zero-order chi connectivity index (χ0) is 19.7. The summed E-state index contributed by atoms with van der Waals surface area (Å²) in [6.07, 6.45) is 2.35. The molecule has 0 bridgehead atoms. The van der Waals surface area contributed by atoms with Crippen LogP contribution >= 0.6 is 0 Å². The molecule has 146 valence electrons. The van der Waals surface area contributed by atoms with Gasteiger partial charge in [0.05, 0.1) is 16.8 Å². The lowest BCUT2D eigenvalue weighted by Gasteiger charge is -2.39. The van der Waals surface area contributed by atoms with Gasteiger partial charge in [-0.25, -0.2) is 8.42 Å². The van der Waals surface area contributed by atoms with Crippen molar-refractivity contribution in [2.45, 2.75) is 56.4 Å². The van der Waals surface area contributed by atoms with Crippen LogP contribution in [0.5, 0.6) is 0 Å². The first-order chi connectivity index (χ1) is 12.8. The number of rotatable bonds is 5. The summed E-state index contributed by atoms with van der Waals surface area (Å²) in [5.74, 6) is -0.448. The van der Waals surface area contributed by atoms with E-state index in [0.717, 1.165) is 18.4 Å². The summed E-state index contributed by atoms with van der Waals surface area (Å²) in [5.41, 5.74) is 7.37. The minimum atomic E-state index is -3.53. The molecule has 3 atom stereocenters. The second-order valence-electron chi connectivity index (χ2n) is 7.71. The average Bonchev–Trinajstić information content (AvgIpc) is 2.72. The Hall–Kier alpha value is -1.85. The van der Waals surface area contributed by atoms with Crippen molar-refractivity contribution in [2.24, 2.45) is 5.41 Å². The molecule has 0 aliphatic carbocycles. The Morgan fingerprint density at radius 3 is 2.48 bits per heavy atom. The van der Waals surface area contributed by atoms with Crippen LogP contribution in [0.4, 0.5) is 5.69 Å². The predicted octanol–water partition coefficient (Wildman–Crippen LogP) is 4.14. The lowest BCUT2D eigenvalue weighted by Crippen LogP contribution is -2.42. The Labute approximate surface area is 162 Å². The fraction of sp³-hybridized carbons (Fsp3) is 0.455. The summed E-state index contributed by atoms with van der Waals surface area (Å²) in [7, 11) is -3.53. The molecule has 27 heavy (non-hydrogen) atoms. The van der Waals surface area contributed by atoms with Crippen molar-refractivity contribution in [1.82, 2.24) is 0 Å². The third-order valence-corrected chi connectivity index (χ3v) is 8.01. The number of hydrogen-bond donors (Lipinski definition) is 2. The number of sulfone groups is 1. The molecule has 2 aromatic carbocycles. The van der Waals surface area contributed by atoms with E-state index in [2.05, 4.69) is 6.92 Å². The van der Waals surface area contributed by atoms with Crippen molar-refractivity contribution in [3.05, 3.63) is 59.7 Å². The lowest BCUT2D eigenvalue weighted by molar-refractivity contribution is 0.0174. The molecule has 1 aliphatic heterocycles. The van der Waals surface area contributed by atoms with Gasteiger partial charge in [0.15, 0.2) is 9.84 Å². The summed E-state index contributed by atoms with van der Waals surface area (Å²) < 4.78 is 26.6. The first-order valence-electron chi connectivity index (χ1n) is 9.70. The molecular weight excluding hydrogens is 358 g/mol. The third-order valence-electron chi connectivity index (χ3n) is 6.02. The van der Waals surface area contributed by atoms with E-state index in [1.165, 1.54) is 0 Å². The van der Waals surface area contributed by atoms with Crippen LogP contribution in [0.1, 0.15) is 56.6 Å². The van der Waals surface area contributed by atoms with Gasteiger partial charge in [-0.2, -0.15) is 0 Å². The van der Waals surface area contributed by atoms with Gasteiger partial charge in [0.2, 0.25) is 0 Å². The Morgan fingerprint density at radius 1 is 1.15 bits per heavy atom. The number of anilines is 1. The van der Waals surface area contributed by atoms with Gasteiger partial charge < -0.3 is 10.8 Å². The van der Waals surface area contributed by atoms with Crippen molar-refractivity contribution in [2.75, 3.05) is 11.5 Å². The minimum Gasteiger partial charge on any atom is -0.399 e. The van der Waals surface area contributed by atoms with Gasteiger partial charge >= 0.3 is 0 Å². The molecule has 0 spiro atoms. The van der Waals surface area contributed by atoms with E-state index in [1.54, 1.807) is 18.2 Å². The van der Waals surface area contributed by atoms with Crippen molar-refractivity contribution in [1.29, 1.82) is 0 Å². The molecule has 0 radical (unpaired) electrons. The minimum absolute atomic E-state index is 0.0298. The molecule has 1 heterocycles. The van der Waals surface area contributed by atoms with Crippen LogP contribution in [0, 0.1) is 5.41 Å². The van der Waals surface area contributed by atoms with Gasteiger partial charge in [-0.1, -0.05) is 57.0 Å². The summed E-state index contributed by atoms with van der Waals surface area (Å²) >= 11 is 0. The van der Waals surface area contributed by atoms with Gasteiger partial charge in [-0.15, -0.1) is 0 Å². The van der Waals surface area contributed by atoms with E-state index < -0.39 is 27.3 Å². The quantitative estimate of drug-likeness (QED) is 0.756. The highest BCUT2D eigenvalue weighted by Crippen LogP contribution is 2.48. The van der Waals surface area contributed by atoms with Gasteiger partial charge in [0.25, 0.3) is 0 Å². The number of benzene rings is 2. The van der Waals surface area contributed by atoms with Crippen LogP contribution in [0.15, 0.2) is 53.4 Å². The summed E-state index contributed by atoms with van der Waals surface area (Å²) in [5, 5.41) is 11.6. The number of fused-ring (bicyclic) bond motifs is 1. The molecule has 0 fully saturated rings. The average molecular weight is 388 g/mol.